The highest BCUT2D eigenvalue weighted by atomic mass is 35.5. The maximum Gasteiger partial charge on any atom is 0.185 e. The van der Waals surface area contributed by atoms with E-state index in [1.165, 1.54) is 0 Å². The molecule has 0 spiro atoms. The SMILES string of the molecule is COc1ccc2nc(C=Cc3ccccn3)nc(NC3CCC(CN=C(N)N)CC3)c2c1.Cl.Cl.Cl. The summed E-state index contributed by atoms with van der Waals surface area (Å²) in [4.78, 5) is 18.0. The summed E-state index contributed by atoms with van der Waals surface area (Å²) in [6.45, 7) is 0.700. The van der Waals surface area contributed by atoms with Crippen LogP contribution in [0.25, 0.3) is 23.1 Å². The molecule has 0 unspecified atom stereocenters. The lowest BCUT2D eigenvalue weighted by Crippen LogP contribution is -2.29. The van der Waals surface area contributed by atoms with Crippen molar-refractivity contribution in [3.8, 4) is 5.75 Å². The zero-order chi connectivity index (χ0) is 22.3. The first-order valence-corrected chi connectivity index (χ1v) is 10.9. The first-order chi connectivity index (χ1) is 15.6. The molecule has 0 bridgehead atoms. The fourth-order valence-electron chi connectivity index (χ4n) is 3.99. The van der Waals surface area contributed by atoms with Crippen molar-refractivity contribution in [3.63, 3.8) is 0 Å². The summed E-state index contributed by atoms with van der Waals surface area (Å²) in [5.74, 6) is 2.92. The molecule has 2 heterocycles. The number of nitrogens with zero attached hydrogens (tertiary/aromatic N) is 4. The Hall–Kier alpha value is -2.81. The van der Waals surface area contributed by atoms with E-state index in [-0.39, 0.29) is 43.2 Å². The number of hydrogen-bond acceptors (Lipinski definition) is 6. The fourth-order valence-corrected chi connectivity index (χ4v) is 3.99. The number of anilines is 1. The predicted octanol–water partition coefficient (Wildman–Crippen LogP) is 4.71. The van der Waals surface area contributed by atoms with Gasteiger partial charge in [-0.05, 0) is 74.1 Å². The Morgan fingerprint density at radius 1 is 1.06 bits per heavy atom. The molecule has 0 atom stereocenters. The van der Waals surface area contributed by atoms with E-state index in [4.69, 9.17) is 26.2 Å². The molecule has 1 aromatic carbocycles. The minimum absolute atomic E-state index is 0. The summed E-state index contributed by atoms with van der Waals surface area (Å²) in [6, 6.07) is 12.0. The van der Waals surface area contributed by atoms with E-state index in [2.05, 4.69) is 15.3 Å². The summed E-state index contributed by atoms with van der Waals surface area (Å²) in [5.41, 5.74) is 12.7. The average Bonchev–Trinajstić information content (AvgIpc) is 2.82. The molecule has 4 rings (SSSR count). The van der Waals surface area contributed by atoms with Crippen LogP contribution >= 0.6 is 37.2 Å². The number of halogens is 3. The van der Waals surface area contributed by atoms with Gasteiger partial charge in [0.15, 0.2) is 11.8 Å². The van der Waals surface area contributed by atoms with E-state index < -0.39 is 0 Å². The number of ether oxygens (including phenoxy) is 1. The van der Waals surface area contributed by atoms with Gasteiger partial charge in [-0.2, -0.15) is 0 Å². The number of hydrogen-bond donors (Lipinski definition) is 3. The van der Waals surface area contributed by atoms with Crippen LogP contribution < -0.4 is 21.5 Å². The van der Waals surface area contributed by atoms with Crippen LogP contribution in [0.1, 0.15) is 37.2 Å². The van der Waals surface area contributed by atoms with Crippen LogP contribution in [0.4, 0.5) is 5.82 Å². The third-order valence-corrected chi connectivity index (χ3v) is 5.73. The topological polar surface area (TPSA) is 124 Å². The molecule has 1 aliphatic carbocycles. The largest absolute Gasteiger partial charge is 0.497 e. The quantitative estimate of drug-likeness (QED) is 0.293. The van der Waals surface area contributed by atoms with Crippen LogP contribution in [0, 0.1) is 5.92 Å². The monoisotopic (exact) mass is 539 g/mol. The van der Waals surface area contributed by atoms with Crippen LogP contribution in [0.15, 0.2) is 47.6 Å². The molecular weight excluding hydrogens is 509 g/mol. The standard InChI is InChI=1S/C24H29N7O.3ClH/c1-32-19-10-11-21-20(14-19)23(29-18-7-5-16(6-8-18)15-28-24(25)26)31-22(30-21)12-9-17-4-2-3-13-27-17;;;/h2-4,9-14,16,18H,5-8,15H2,1H3,(H4,25,26,28)(H,29,30,31);3*1H. The van der Waals surface area contributed by atoms with Crippen molar-refractivity contribution in [1.82, 2.24) is 15.0 Å². The van der Waals surface area contributed by atoms with Gasteiger partial charge in [-0.15, -0.1) is 37.2 Å². The van der Waals surface area contributed by atoms with Gasteiger partial charge in [0.25, 0.3) is 0 Å². The first kappa shape index (κ1) is 30.2. The van der Waals surface area contributed by atoms with Crippen LogP contribution in [-0.2, 0) is 0 Å². The highest BCUT2D eigenvalue weighted by Gasteiger charge is 2.22. The Labute approximate surface area is 224 Å². The van der Waals surface area contributed by atoms with Gasteiger partial charge in [-0.1, -0.05) is 6.07 Å². The highest BCUT2D eigenvalue weighted by Crippen LogP contribution is 2.30. The van der Waals surface area contributed by atoms with E-state index in [1.54, 1.807) is 13.3 Å². The van der Waals surface area contributed by atoms with E-state index in [9.17, 15) is 0 Å². The number of aliphatic imine (C=N–C) groups is 1. The second-order valence-corrected chi connectivity index (χ2v) is 8.03. The maximum atomic E-state index is 5.47. The van der Waals surface area contributed by atoms with E-state index in [0.717, 1.165) is 53.8 Å². The van der Waals surface area contributed by atoms with Gasteiger partial charge in [-0.3, -0.25) is 9.98 Å². The Bertz CT molecular complexity index is 1120. The van der Waals surface area contributed by atoms with Crippen molar-refractivity contribution >= 4 is 72.1 Å². The second-order valence-electron chi connectivity index (χ2n) is 8.03. The van der Waals surface area contributed by atoms with Gasteiger partial charge < -0.3 is 21.5 Å². The molecule has 0 saturated heterocycles. The number of aromatic nitrogens is 3. The number of methoxy groups -OCH3 is 1. The number of nitrogens with one attached hydrogen (secondary N) is 1. The van der Waals surface area contributed by atoms with Gasteiger partial charge in [0.05, 0.1) is 18.3 Å². The molecule has 0 radical (unpaired) electrons. The lowest BCUT2D eigenvalue weighted by molar-refractivity contribution is 0.345. The number of benzene rings is 1. The number of rotatable bonds is 7. The Morgan fingerprint density at radius 2 is 1.83 bits per heavy atom. The molecule has 190 valence electrons. The van der Waals surface area contributed by atoms with Crippen LogP contribution in [-0.4, -0.2) is 40.6 Å². The molecule has 0 amide bonds. The van der Waals surface area contributed by atoms with Gasteiger partial charge >= 0.3 is 0 Å². The number of pyridine rings is 1. The van der Waals surface area contributed by atoms with E-state index >= 15 is 0 Å². The van der Waals surface area contributed by atoms with Crippen LogP contribution in [0.2, 0.25) is 0 Å². The second kappa shape index (κ2) is 14.6. The van der Waals surface area contributed by atoms with Crippen LogP contribution in [0.5, 0.6) is 5.75 Å². The summed E-state index contributed by atoms with van der Waals surface area (Å²) in [5, 5.41) is 4.60. The van der Waals surface area contributed by atoms with Gasteiger partial charge in [0, 0.05) is 24.2 Å². The molecule has 11 heteroatoms. The number of guanidine groups is 1. The summed E-state index contributed by atoms with van der Waals surface area (Å²) >= 11 is 0. The molecule has 8 nitrogen and oxygen atoms in total. The molecule has 5 N–H and O–H groups in total. The minimum atomic E-state index is 0. The maximum absolute atomic E-state index is 5.47. The molecule has 2 aromatic heterocycles. The van der Waals surface area contributed by atoms with Gasteiger partial charge in [0.1, 0.15) is 11.6 Å². The Morgan fingerprint density at radius 3 is 2.49 bits per heavy atom. The normalized spacial score (nSPS) is 16.9. The lowest BCUT2D eigenvalue weighted by Gasteiger charge is -2.29. The number of fused-ring (bicyclic) bond motifs is 1. The number of nitrogens with two attached hydrogens (primary N) is 2. The molecule has 1 fully saturated rings. The lowest BCUT2D eigenvalue weighted by atomic mass is 9.86. The molecule has 35 heavy (non-hydrogen) atoms. The Balaban J connectivity index is 0.00000204. The van der Waals surface area contributed by atoms with E-state index in [1.807, 2.05) is 48.6 Å². The van der Waals surface area contributed by atoms with E-state index in [0.29, 0.717) is 24.3 Å². The zero-order valence-electron chi connectivity index (χ0n) is 19.5. The summed E-state index contributed by atoms with van der Waals surface area (Å²) in [6.07, 6.45) is 9.81. The zero-order valence-corrected chi connectivity index (χ0v) is 21.9. The molecule has 1 aliphatic rings. The molecule has 0 aliphatic heterocycles. The predicted molar refractivity (Wildman–Crippen MR) is 151 cm³/mol. The van der Waals surface area contributed by atoms with Gasteiger partial charge in [0.2, 0.25) is 0 Å². The summed E-state index contributed by atoms with van der Waals surface area (Å²) < 4.78 is 5.42. The van der Waals surface area contributed by atoms with Crippen molar-refractivity contribution in [2.45, 2.75) is 31.7 Å². The molecule has 1 saturated carbocycles. The smallest absolute Gasteiger partial charge is 0.185 e. The van der Waals surface area contributed by atoms with Crippen LogP contribution in [0.3, 0.4) is 0 Å². The van der Waals surface area contributed by atoms with Crippen molar-refractivity contribution < 1.29 is 4.74 Å². The fraction of sp³-hybridized carbons (Fsp3) is 0.333. The average molecular weight is 541 g/mol. The third-order valence-electron chi connectivity index (χ3n) is 5.73. The van der Waals surface area contributed by atoms with Crippen molar-refractivity contribution in [1.29, 1.82) is 0 Å². The van der Waals surface area contributed by atoms with Crippen molar-refractivity contribution in [3.05, 3.63) is 54.1 Å². The van der Waals surface area contributed by atoms with Crippen molar-refractivity contribution in [2.75, 3.05) is 19.0 Å². The summed E-state index contributed by atoms with van der Waals surface area (Å²) in [7, 11) is 1.66. The first-order valence-electron chi connectivity index (χ1n) is 10.9. The highest BCUT2D eigenvalue weighted by molar-refractivity contribution is 5.91. The third kappa shape index (κ3) is 8.42. The van der Waals surface area contributed by atoms with Crippen molar-refractivity contribution in [2.24, 2.45) is 22.4 Å². The molecular formula is C24H32Cl3N7O. The van der Waals surface area contributed by atoms with Gasteiger partial charge in [-0.25, -0.2) is 9.97 Å². The molecule has 3 aromatic rings. The minimum Gasteiger partial charge on any atom is -0.497 e. The Kier molecular flexibility index (Phi) is 12.6.